The van der Waals surface area contributed by atoms with Crippen LogP contribution in [0.4, 0.5) is 0 Å². The molecule has 0 atom stereocenters. The Balaban J connectivity index is 1.60. The number of rotatable bonds is 7. The standard InChI is InChI=1S/C21H32N2O2/c1-2-6-20(24)21(19-7-4-3-5-8-19)9-11-22(12-10-21)13-14-23-15-17-25-18-16-23/h3-5,7-8H,2,6,9-18H2,1H3. The molecule has 2 saturated heterocycles. The molecule has 2 aliphatic rings. The summed E-state index contributed by atoms with van der Waals surface area (Å²) >= 11 is 0. The van der Waals surface area contributed by atoms with Crippen LogP contribution in [0.2, 0.25) is 0 Å². The Hall–Kier alpha value is -1.23. The van der Waals surface area contributed by atoms with E-state index in [0.29, 0.717) is 12.2 Å². The molecule has 1 aromatic carbocycles. The first-order valence-electron chi connectivity index (χ1n) is 9.86. The van der Waals surface area contributed by atoms with Crippen LogP contribution in [0.15, 0.2) is 30.3 Å². The predicted molar refractivity (Wildman–Crippen MR) is 101 cm³/mol. The summed E-state index contributed by atoms with van der Waals surface area (Å²) in [6.45, 7) is 10.2. The first-order valence-corrected chi connectivity index (χ1v) is 9.86. The summed E-state index contributed by atoms with van der Waals surface area (Å²) in [4.78, 5) is 18.0. The smallest absolute Gasteiger partial charge is 0.143 e. The van der Waals surface area contributed by atoms with Crippen molar-refractivity contribution in [3.05, 3.63) is 35.9 Å². The molecule has 25 heavy (non-hydrogen) atoms. The van der Waals surface area contributed by atoms with Crippen LogP contribution in [0.1, 0.15) is 38.2 Å². The average Bonchev–Trinajstić information content (AvgIpc) is 2.68. The number of morpholine rings is 1. The molecular formula is C21H32N2O2. The molecule has 2 heterocycles. The number of hydrogen-bond acceptors (Lipinski definition) is 4. The van der Waals surface area contributed by atoms with E-state index in [4.69, 9.17) is 4.74 Å². The molecule has 3 rings (SSSR count). The zero-order chi connectivity index (χ0) is 17.5. The zero-order valence-electron chi connectivity index (χ0n) is 15.6. The second kappa shape index (κ2) is 8.93. The number of carbonyl (C=O) groups excluding carboxylic acids is 1. The molecular weight excluding hydrogens is 312 g/mol. The lowest BCUT2D eigenvalue weighted by molar-refractivity contribution is -0.126. The molecule has 0 N–H and O–H groups in total. The van der Waals surface area contributed by atoms with Crippen molar-refractivity contribution in [1.82, 2.24) is 9.80 Å². The average molecular weight is 344 g/mol. The van der Waals surface area contributed by atoms with Gasteiger partial charge in [0.15, 0.2) is 0 Å². The van der Waals surface area contributed by atoms with Crippen molar-refractivity contribution >= 4 is 5.78 Å². The maximum absolute atomic E-state index is 13.0. The summed E-state index contributed by atoms with van der Waals surface area (Å²) in [6, 6.07) is 10.5. The van der Waals surface area contributed by atoms with Crippen molar-refractivity contribution in [3.8, 4) is 0 Å². The Kier molecular flexibility index (Phi) is 6.63. The van der Waals surface area contributed by atoms with Crippen molar-refractivity contribution in [2.75, 3.05) is 52.5 Å². The number of benzene rings is 1. The number of hydrogen-bond donors (Lipinski definition) is 0. The minimum absolute atomic E-state index is 0.257. The zero-order valence-corrected chi connectivity index (χ0v) is 15.6. The second-order valence-electron chi connectivity index (χ2n) is 7.42. The predicted octanol–water partition coefficient (Wildman–Crippen LogP) is 2.72. The van der Waals surface area contributed by atoms with Gasteiger partial charge in [0.1, 0.15) is 5.78 Å². The molecule has 0 aromatic heterocycles. The van der Waals surface area contributed by atoms with E-state index in [1.165, 1.54) is 5.56 Å². The minimum Gasteiger partial charge on any atom is -0.379 e. The van der Waals surface area contributed by atoms with Gasteiger partial charge in [-0.3, -0.25) is 9.69 Å². The maximum atomic E-state index is 13.0. The number of ketones is 1. The van der Waals surface area contributed by atoms with E-state index >= 15 is 0 Å². The highest BCUT2D eigenvalue weighted by molar-refractivity contribution is 5.90. The number of piperidine rings is 1. The molecule has 0 unspecified atom stereocenters. The van der Waals surface area contributed by atoms with Gasteiger partial charge >= 0.3 is 0 Å². The number of carbonyl (C=O) groups is 1. The lowest BCUT2D eigenvalue weighted by Gasteiger charge is -2.42. The van der Waals surface area contributed by atoms with Crippen LogP contribution in [0.3, 0.4) is 0 Å². The third kappa shape index (κ3) is 4.49. The van der Waals surface area contributed by atoms with Gasteiger partial charge in [-0.25, -0.2) is 0 Å². The van der Waals surface area contributed by atoms with Crippen molar-refractivity contribution in [1.29, 1.82) is 0 Å². The third-order valence-corrected chi connectivity index (χ3v) is 5.88. The summed E-state index contributed by atoms with van der Waals surface area (Å²) in [5, 5.41) is 0. The van der Waals surface area contributed by atoms with Crippen LogP contribution in [-0.2, 0) is 14.9 Å². The first kappa shape index (κ1) is 18.6. The van der Waals surface area contributed by atoms with Gasteiger partial charge in [-0.2, -0.15) is 0 Å². The molecule has 4 heteroatoms. The Morgan fingerprint density at radius 2 is 1.60 bits per heavy atom. The maximum Gasteiger partial charge on any atom is 0.143 e. The van der Waals surface area contributed by atoms with E-state index in [9.17, 15) is 4.79 Å². The van der Waals surface area contributed by atoms with E-state index < -0.39 is 0 Å². The molecule has 0 spiro atoms. The van der Waals surface area contributed by atoms with Gasteiger partial charge in [-0.15, -0.1) is 0 Å². The molecule has 0 saturated carbocycles. The summed E-state index contributed by atoms with van der Waals surface area (Å²) in [6.07, 6.45) is 3.55. The van der Waals surface area contributed by atoms with Crippen LogP contribution in [0, 0.1) is 0 Å². The highest BCUT2D eigenvalue weighted by Gasteiger charge is 2.41. The Morgan fingerprint density at radius 1 is 1.00 bits per heavy atom. The summed E-state index contributed by atoms with van der Waals surface area (Å²) < 4.78 is 5.42. The molecule has 0 amide bonds. The Bertz CT molecular complexity index is 532. The van der Waals surface area contributed by atoms with Gasteiger partial charge < -0.3 is 9.64 Å². The van der Waals surface area contributed by atoms with Crippen molar-refractivity contribution < 1.29 is 9.53 Å². The Labute approximate surface area is 152 Å². The fourth-order valence-electron chi connectivity index (χ4n) is 4.22. The number of ether oxygens (including phenoxy) is 1. The van der Waals surface area contributed by atoms with Crippen molar-refractivity contribution in [3.63, 3.8) is 0 Å². The van der Waals surface area contributed by atoms with Gasteiger partial charge in [-0.05, 0) is 37.9 Å². The fourth-order valence-corrected chi connectivity index (χ4v) is 4.22. The molecule has 138 valence electrons. The normalized spacial score (nSPS) is 22.0. The molecule has 1 aromatic rings. The highest BCUT2D eigenvalue weighted by atomic mass is 16.5. The van der Waals surface area contributed by atoms with Crippen LogP contribution in [-0.4, -0.2) is 68.1 Å². The Morgan fingerprint density at radius 3 is 2.20 bits per heavy atom. The van der Waals surface area contributed by atoms with Crippen LogP contribution in [0.5, 0.6) is 0 Å². The molecule has 4 nitrogen and oxygen atoms in total. The van der Waals surface area contributed by atoms with Crippen molar-refractivity contribution in [2.24, 2.45) is 0 Å². The fraction of sp³-hybridized carbons (Fsp3) is 0.667. The van der Waals surface area contributed by atoms with Crippen LogP contribution < -0.4 is 0 Å². The van der Waals surface area contributed by atoms with Gasteiger partial charge in [0.25, 0.3) is 0 Å². The number of likely N-dealkylation sites (tertiary alicyclic amines) is 1. The summed E-state index contributed by atoms with van der Waals surface area (Å²) in [5.74, 6) is 0.439. The number of Topliss-reactive ketones (excluding diaryl/α,β-unsaturated/α-hetero) is 1. The summed E-state index contributed by atoms with van der Waals surface area (Å²) in [7, 11) is 0. The van der Waals surface area contributed by atoms with E-state index in [1.807, 2.05) is 6.07 Å². The van der Waals surface area contributed by atoms with Crippen LogP contribution in [0.25, 0.3) is 0 Å². The topological polar surface area (TPSA) is 32.8 Å². The van der Waals surface area contributed by atoms with E-state index in [-0.39, 0.29) is 5.41 Å². The first-order chi connectivity index (χ1) is 12.2. The monoisotopic (exact) mass is 344 g/mol. The van der Waals surface area contributed by atoms with E-state index in [0.717, 1.165) is 71.7 Å². The largest absolute Gasteiger partial charge is 0.379 e. The van der Waals surface area contributed by atoms with Gasteiger partial charge in [0.2, 0.25) is 0 Å². The molecule has 2 aliphatic heterocycles. The minimum atomic E-state index is -0.257. The van der Waals surface area contributed by atoms with Gasteiger partial charge in [0, 0.05) is 32.6 Å². The van der Waals surface area contributed by atoms with Crippen molar-refractivity contribution in [2.45, 2.75) is 38.0 Å². The summed E-state index contributed by atoms with van der Waals surface area (Å²) in [5.41, 5.74) is 0.966. The van der Waals surface area contributed by atoms with E-state index in [1.54, 1.807) is 0 Å². The quantitative estimate of drug-likeness (QED) is 0.761. The third-order valence-electron chi connectivity index (χ3n) is 5.88. The van der Waals surface area contributed by atoms with E-state index in [2.05, 4.69) is 41.0 Å². The van der Waals surface area contributed by atoms with Crippen LogP contribution >= 0.6 is 0 Å². The lowest BCUT2D eigenvalue weighted by Crippen LogP contribution is -2.49. The molecule has 2 fully saturated rings. The molecule has 0 radical (unpaired) electrons. The molecule has 0 bridgehead atoms. The molecule has 0 aliphatic carbocycles. The van der Waals surface area contributed by atoms with Gasteiger partial charge in [-0.1, -0.05) is 37.3 Å². The highest BCUT2D eigenvalue weighted by Crippen LogP contribution is 2.37. The van der Waals surface area contributed by atoms with Gasteiger partial charge in [0.05, 0.1) is 18.6 Å². The number of nitrogens with zero attached hydrogens (tertiary/aromatic N) is 2. The lowest BCUT2D eigenvalue weighted by atomic mass is 9.68. The second-order valence-corrected chi connectivity index (χ2v) is 7.42. The SMILES string of the molecule is CCCC(=O)C1(c2ccccc2)CCN(CCN2CCOCC2)CC1.